The number of rotatable bonds is 7. The van der Waals surface area contributed by atoms with Gasteiger partial charge in [-0.25, -0.2) is 4.68 Å². The fourth-order valence-corrected chi connectivity index (χ4v) is 4.22. The Morgan fingerprint density at radius 2 is 1.89 bits per heavy atom. The van der Waals surface area contributed by atoms with Gasteiger partial charge in [-0.15, -0.1) is 0 Å². The van der Waals surface area contributed by atoms with Crippen molar-refractivity contribution in [3.63, 3.8) is 0 Å². The van der Waals surface area contributed by atoms with E-state index in [2.05, 4.69) is 10.4 Å². The van der Waals surface area contributed by atoms with Gasteiger partial charge in [0.1, 0.15) is 6.61 Å². The van der Waals surface area contributed by atoms with Crippen LogP contribution in [0.15, 0.2) is 18.2 Å². The maximum Gasteiger partial charge on any atom is 0.394 e. The van der Waals surface area contributed by atoms with E-state index in [-0.39, 0.29) is 41.3 Å². The third kappa shape index (κ3) is 6.20. The van der Waals surface area contributed by atoms with E-state index in [0.29, 0.717) is 17.8 Å². The maximum atomic E-state index is 13.3. The molecule has 2 aromatic rings. The monoisotopic (exact) mass is 494 g/mol. The number of esters is 1. The van der Waals surface area contributed by atoms with Gasteiger partial charge in [-0.2, -0.15) is 18.3 Å². The molecule has 0 fully saturated rings. The van der Waals surface area contributed by atoms with Crippen molar-refractivity contribution in [1.82, 2.24) is 9.78 Å². The smallest absolute Gasteiger partial charge is 0.394 e. The number of benzene rings is 1. The van der Waals surface area contributed by atoms with Crippen molar-refractivity contribution in [1.29, 1.82) is 0 Å². The largest absolute Gasteiger partial charge is 0.463 e. The van der Waals surface area contributed by atoms with Crippen LogP contribution in [0.2, 0.25) is 0 Å². The molecular formula is C24H29F3N4O4. The molecule has 190 valence electrons. The lowest BCUT2D eigenvalue weighted by Gasteiger charge is -2.30. The number of nitrogens with zero attached hydrogens (tertiary/aromatic N) is 2. The summed E-state index contributed by atoms with van der Waals surface area (Å²) in [6.45, 7) is 8.48. The van der Waals surface area contributed by atoms with E-state index in [0.717, 1.165) is 0 Å². The molecule has 1 aliphatic carbocycles. The number of aromatic nitrogens is 2. The number of hydrogen-bond acceptors (Lipinski definition) is 6. The number of nitrogens with two attached hydrogens (primary N) is 1. The van der Waals surface area contributed by atoms with Gasteiger partial charge in [-0.3, -0.25) is 14.4 Å². The summed E-state index contributed by atoms with van der Waals surface area (Å²) in [7, 11) is 0. The van der Waals surface area contributed by atoms with E-state index in [1.807, 2.05) is 13.8 Å². The van der Waals surface area contributed by atoms with Gasteiger partial charge in [-0.05, 0) is 43.9 Å². The third-order valence-corrected chi connectivity index (χ3v) is 5.61. The molecule has 1 amide bonds. The molecule has 8 nitrogen and oxygen atoms in total. The molecule has 1 heterocycles. The van der Waals surface area contributed by atoms with Crippen molar-refractivity contribution in [3.05, 3.63) is 40.7 Å². The summed E-state index contributed by atoms with van der Waals surface area (Å²) in [6.07, 6.45) is -5.40. The molecule has 3 N–H and O–H groups in total. The minimum Gasteiger partial charge on any atom is -0.463 e. The van der Waals surface area contributed by atoms with Crippen LogP contribution in [0, 0.1) is 5.41 Å². The van der Waals surface area contributed by atoms with Crippen LogP contribution in [0.4, 0.5) is 18.9 Å². The van der Waals surface area contributed by atoms with Gasteiger partial charge in [0, 0.05) is 19.0 Å². The molecule has 0 saturated carbocycles. The molecule has 1 aromatic heterocycles. The zero-order chi connectivity index (χ0) is 26.3. The van der Waals surface area contributed by atoms with Gasteiger partial charge < -0.3 is 15.8 Å². The number of hydrogen-bond donors (Lipinski definition) is 2. The van der Waals surface area contributed by atoms with Gasteiger partial charge >= 0.3 is 12.1 Å². The fraction of sp³-hybridized carbons (Fsp3) is 0.500. The van der Waals surface area contributed by atoms with E-state index >= 15 is 0 Å². The third-order valence-electron chi connectivity index (χ3n) is 5.61. The van der Waals surface area contributed by atoms with E-state index < -0.39 is 35.4 Å². The van der Waals surface area contributed by atoms with Crippen LogP contribution < -0.4 is 11.1 Å². The molecular weight excluding hydrogens is 465 g/mol. The van der Waals surface area contributed by atoms with E-state index in [4.69, 9.17) is 10.5 Å². The lowest BCUT2D eigenvalue weighted by atomic mass is 9.75. The molecule has 3 rings (SSSR count). The number of halogens is 3. The van der Waals surface area contributed by atoms with E-state index in [1.54, 1.807) is 13.8 Å². The van der Waals surface area contributed by atoms with Crippen molar-refractivity contribution in [2.45, 2.75) is 65.6 Å². The first-order valence-corrected chi connectivity index (χ1v) is 11.0. The molecule has 0 saturated heterocycles. The number of ketones is 1. The van der Waals surface area contributed by atoms with E-state index in [9.17, 15) is 27.6 Å². The van der Waals surface area contributed by atoms with Crippen LogP contribution in [0.1, 0.15) is 73.1 Å². The number of amides is 1. The summed E-state index contributed by atoms with van der Waals surface area (Å²) in [5.74, 6) is -1.58. The summed E-state index contributed by atoms with van der Waals surface area (Å²) in [5, 5.41) is 7.32. The second kappa shape index (κ2) is 9.01. The normalized spacial score (nSPS) is 15.5. The highest BCUT2D eigenvalue weighted by atomic mass is 19.4. The van der Waals surface area contributed by atoms with Gasteiger partial charge in [0.05, 0.1) is 40.2 Å². The minimum absolute atomic E-state index is 0.00493. The van der Waals surface area contributed by atoms with Crippen LogP contribution >= 0.6 is 0 Å². The molecule has 0 unspecified atom stereocenters. The number of anilines is 1. The Balaban J connectivity index is 2.13. The SMILES string of the molecule is CC(=O)OCC(C)(C)Nc1cc(-n2nc(CC(F)(F)F)c3c2CC(C)(C)CC3=O)ccc1C(N)=O. The number of primary amides is 1. The van der Waals surface area contributed by atoms with Gasteiger partial charge in [-0.1, -0.05) is 13.8 Å². The van der Waals surface area contributed by atoms with Crippen molar-refractivity contribution in [3.8, 4) is 5.69 Å². The van der Waals surface area contributed by atoms with Crippen molar-refractivity contribution < 1.29 is 32.3 Å². The highest BCUT2D eigenvalue weighted by Crippen LogP contribution is 2.39. The molecule has 35 heavy (non-hydrogen) atoms. The molecule has 1 aromatic carbocycles. The Morgan fingerprint density at radius 1 is 1.23 bits per heavy atom. The quantitative estimate of drug-likeness (QED) is 0.563. The maximum absolute atomic E-state index is 13.3. The van der Waals surface area contributed by atoms with Gasteiger partial charge in [0.2, 0.25) is 0 Å². The first-order chi connectivity index (χ1) is 16.0. The Hall–Kier alpha value is -3.37. The minimum atomic E-state index is -4.54. The summed E-state index contributed by atoms with van der Waals surface area (Å²) in [4.78, 5) is 36.1. The number of Topliss-reactive ketones (excluding diaryl/α,β-unsaturated/α-hetero) is 1. The van der Waals surface area contributed by atoms with Gasteiger partial charge in [0.15, 0.2) is 5.78 Å². The number of carbonyl (C=O) groups excluding carboxylic acids is 3. The van der Waals surface area contributed by atoms with Crippen LogP contribution in [-0.4, -0.2) is 45.8 Å². The Kier molecular flexibility index (Phi) is 6.75. The Bertz CT molecular complexity index is 1180. The first kappa shape index (κ1) is 26.2. The number of alkyl halides is 3. The zero-order valence-corrected chi connectivity index (χ0v) is 20.3. The number of carbonyl (C=O) groups is 3. The summed E-state index contributed by atoms with van der Waals surface area (Å²) in [5.41, 5.74) is 5.11. The zero-order valence-electron chi connectivity index (χ0n) is 20.3. The van der Waals surface area contributed by atoms with Crippen LogP contribution in [0.25, 0.3) is 5.69 Å². The molecule has 0 radical (unpaired) electrons. The second-order valence-electron chi connectivity index (χ2n) is 10.3. The number of nitrogens with one attached hydrogen (secondary N) is 1. The summed E-state index contributed by atoms with van der Waals surface area (Å²) in [6, 6.07) is 4.49. The van der Waals surface area contributed by atoms with Gasteiger partial charge in [0.25, 0.3) is 5.91 Å². The molecule has 0 bridgehead atoms. The summed E-state index contributed by atoms with van der Waals surface area (Å²) < 4.78 is 46.2. The molecule has 0 atom stereocenters. The first-order valence-electron chi connectivity index (χ1n) is 11.0. The molecule has 0 aliphatic heterocycles. The standard InChI is InChI=1S/C24H29F3N4O4/c1-13(32)35-12-23(4,5)29-16-8-14(6-7-15(16)21(28)34)31-18-10-22(2,3)11-19(33)20(18)17(30-31)9-24(25,26)27/h6-8,29H,9-12H2,1-5H3,(H2,28,34). The summed E-state index contributed by atoms with van der Waals surface area (Å²) >= 11 is 0. The Morgan fingerprint density at radius 3 is 2.46 bits per heavy atom. The topological polar surface area (TPSA) is 116 Å². The highest BCUT2D eigenvalue weighted by Gasteiger charge is 2.40. The van der Waals surface area contributed by atoms with Crippen molar-refractivity contribution in [2.24, 2.45) is 11.1 Å². The van der Waals surface area contributed by atoms with Crippen LogP contribution in [-0.2, 0) is 22.4 Å². The fourth-order valence-electron chi connectivity index (χ4n) is 4.22. The number of fused-ring (bicyclic) bond motifs is 1. The second-order valence-corrected chi connectivity index (χ2v) is 10.3. The predicted octanol–water partition coefficient (Wildman–Crippen LogP) is 3.98. The van der Waals surface area contributed by atoms with Crippen LogP contribution in [0.5, 0.6) is 0 Å². The average Bonchev–Trinajstić information content (AvgIpc) is 3.01. The lowest BCUT2D eigenvalue weighted by Crippen LogP contribution is -2.37. The highest BCUT2D eigenvalue weighted by molar-refractivity contribution is 6.00. The lowest BCUT2D eigenvalue weighted by molar-refractivity contribution is -0.142. The molecule has 11 heteroatoms. The predicted molar refractivity (Wildman–Crippen MR) is 123 cm³/mol. The molecule has 1 aliphatic rings. The van der Waals surface area contributed by atoms with Crippen molar-refractivity contribution >= 4 is 23.3 Å². The Labute approximate surface area is 201 Å². The van der Waals surface area contributed by atoms with Crippen molar-refractivity contribution in [2.75, 3.05) is 11.9 Å². The van der Waals surface area contributed by atoms with Crippen LogP contribution in [0.3, 0.4) is 0 Å². The van der Waals surface area contributed by atoms with E-state index in [1.165, 1.54) is 29.8 Å². The average molecular weight is 495 g/mol. The molecule has 0 spiro atoms. The number of ether oxygens (including phenoxy) is 1.